The van der Waals surface area contributed by atoms with E-state index < -0.39 is 0 Å². The van der Waals surface area contributed by atoms with E-state index in [0.29, 0.717) is 29.0 Å². The fourth-order valence-electron chi connectivity index (χ4n) is 2.96. The van der Waals surface area contributed by atoms with E-state index in [1.165, 1.54) is 6.42 Å². The second-order valence-electron chi connectivity index (χ2n) is 5.02. The van der Waals surface area contributed by atoms with Crippen molar-refractivity contribution in [1.82, 2.24) is 15.4 Å². The Balaban J connectivity index is 1.80. The smallest absolute Gasteiger partial charge is 0.259 e. The van der Waals surface area contributed by atoms with Crippen molar-refractivity contribution >= 4 is 5.91 Å². The number of aromatic nitrogens is 1. The highest BCUT2D eigenvalue weighted by molar-refractivity contribution is 5.96. The molecule has 0 aliphatic carbocycles. The molecule has 0 unspecified atom stereocenters. The summed E-state index contributed by atoms with van der Waals surface area (Å²) in [5.74, 6) is 1.31. The van der Waals surface area contributed by atoms with Gasteiger partial charge in [-0.2, -0.15) is 0 Å². The van der Waals surface area contributed by atoms with E-state index in [1.807, 2.05) is 11.8 Å². The Hall–Kier alpha value is -1.36. The van der Waals surface area contributed by atoms with Crippen molar-refractivity contribution in [2.45, 2.75) is 26.3 Å². The Morgan fingerprint density at radius 1 is 1.47 bits per heavy atom. The average molecular weight is 235 g/mol. The van der Waals surface area contributed by atoms with E-state index >= 15 is 0 Å². The first kappa shape index (κ1) is 10.8. The first-order valence-electron chi connectivity index (χ1n) is 6.12. The topological polar surface area (TPSA) is 58.4 Å². The van der Waals surface area contributed by atoms with Crippen molar-refractivity contribution in [3.05, 3.63) is 17.0 Å². The van der Waals surface area contributed by atoms with Gasteiger partial charge >= 0.3 is 0 Å². The lowest BCUT2D eigenvalue weighted by molar-refractivity contribution is 0.0780. The van der Waals surface area contributed by atoms with Gasteiger partial charge in [-0.15, -0.1) is 0 Å². The van der Waals surface area contributed by atoms with Crippen LogP contribution in [0, 0.1) is 19.8 Å². The van der Waals surface area contributed by atoms with Crippen LogP contribution in [-0.2, 0) is 0 Å². The quantitative estimate of drug-likeness (QED) is 0.779. The predicted molar refractivity (Wildman–Crippen MR) is 61.8 cm³/mol. The molecular formula is C12H17N3O2. The fraction of sp³-hybridized carbons (Fsp3) is 0.667. The summed E-state index contributed by atoms with van der Waals surface area (Å²) in [5, 5.41) is 7.29. The summed E-state index contributed by atoms with van der Waals surface area (Å²) in [6.07, 6.45) is 1.18. The Morgan fingerprint density at radius 2 is 2.29 bits per heavy atom. The van der Waals surface area contributed by atoms with Gasteiger partial charge in [-0.25, -0.2) is 0 Å². The Morgan fingerprint density at radius 3 is 2.94 bits per heavy atom. The summed E-state index contributed by atoms with van der Waals surface area (Å²) in [5.41, 5.74) is 1.34. The lowest BCUT2D eigenvalue weighted by Gasteiger charge is -2.16. The summed E-state index contributed by atoms with van der Waals surface area (Å²) in [6.45, 7) is 6.37. The van der Waals surface area contributed by atoms with E-state index in [1.54, 1.807) is 6.92 Å². The molecule has 0 radical (unpaired) electrons. The molecule has 2 saturated heterocycles. The van der Waals surface area contributed by atoms with Crippen LogP contribution < -0.4 is 5.32 Å². The lowest BCUT2D eigenvalue weighted by Crippen LogP contribution is -2.34. The van der Waals surface area contributed by atoms with Crippen LogP contribution in [0.1, 0.15) is 28.2 Å². The standard InChI is InChI=1S/C12H17N3O2/c1-7-11(8(2)17-14-7)12(16)15-5-9-3-4-13-10(9)6-15/h9-10,13H,3-6H2,1-2H3/t9-,10+/m1/s1. The second-order valence-corrected chi connectivity index (χ2v) is 5.02. The monoisotopic (exact) mass is 235 g/mol. The van der Waals surface area contributed by atoms with Crippen LogP contribution in [0.4, 0.5) is 0 Å². The van der Waals surface area contributed by atoms with E-state index in [0.717, 1.165) is 19.6 Å². The summed E-state index contributed by atoms with van der Waals surface area (Å²) < 4.78 is 5.06. The van der Waals surface area contributed by atoms with Crippen LogP contribution >= 0.6 is 0 Å². The number of rotatable bonds is 1. The first-order chi connectivity index (χ1) is 8.16. The highest BCUT2D eigenvalue weighted by Gasteiger charge is 2.39. The van der Waals surface area contributed by atoms with Crippen molar-refractivity contribution in [1.29, 1.82) is 0 Å². The van der Waals surface area contributed by atoms with Crippen LogP contribution in [0.3, 0.4) is 0 Å². The zero-order valence-corrected chi connectivity index (χ0v) is 10.2. The molecule has 1 aromatic heterocycles. The van der Waals surface area contributed by atoms with E-state index in [-0.39, 0.29) is 5.91 Å². The van der Waals surface area contributed by atoms with E-state index in [9.17, 15) is 4.79 Å². The molecule has 1 amide bonds. The van der Waals surface area contributed by atoms with E-state index in [2.05, 4.69) is 10.5 Å². The number of fused-ring (bicyclic) bond motifs is 1. The number of nitrogens with zero attached hydrogens (tertiary/aromatic N) is 2. The zero-order chi connectivity index (χ0) is 12.0. The molecule has 3 rings (SSSR count). The third kappa shape index (κ3) is 1.65. The Kier molecular flexibility index (Phi) is 2.43. The largest absolute Gasteiger partial charge is 0.361 e. The maximum atomic E-state index is 12.4. The molecule has 3 heterocycles. The number of aryl methyl sites for hydroxylation is 2. The minimum atomic E-state index is 0.0671. The highest BCUT2D eigenvalue weighted by atomic mass is 16.5. The van der Waals surface area contributed by atoms with Crippen molar-refractivity contribution in [2.24, 2.45) is 5.92 Å². The van der Waals surface area contributed by atoms with Gasteiger partial charge in [0.1, 0.15) is 11.3 Å². The summed E-state index contributed by atoms with van der Waals surface area (Å²) in [6, 6.07) is 0.486. The lowest BCUT2D eigenvalue weighted by atomic mass is 10.1. The molecular weight excluding hydrogens is 218 g/mol. The van der Waals surface area contributed by atoms with Gasteiger partial charge in [0, 0.05) is 19.1 Å². The molecule has 0 spiro atoms. The highest BCUT2D eigenvalue weighted by Crippen LogP contribution is 2.27. The molecule has 5 heteroatoms. The molecule has 1 aromatic rings. The van der Waals surface area contributed by atoms with Gasteiger partial charge in [0.25, 0.3) is 5.91 Å². The third-order valence-electron chi connectivity index (χ3n) is 3.90. The van der Waals surface area contributed by atoms with Crippen molar-refractivity contribution in [3.8, 4) is 0 Å². The molecule has 1 N–H and O–H groups in total. The molecule has 0 bridgehead atoms. The minimum Gasteiger partial charge on any atom is -0.361 e. The molecule has 0 aromatic carbocycles. The third-order valence-corrected chi connectivity index (χ3v) is 3.90. The molecule has 92 valence electrons. The molecule has 5 nitrogen and oxygen atoms in total. The van der Waals surface area contributed by atoms with Crippen LogP contribution in [-0.4, -0.2) is 41.6 Å². The van der Waals surface area contributed by atoms with Crippen LogP contribution in [0.5, 0.6) is 0 Å². The minimum absolute atomic E-state index is 0.0671. The molecule has 2 aliphatic rings. The van der Waals surface area contributed by atoms with Crippen LogP contribution in [0.2, 0.25) is 0 Å². The SMILES string of the molecule is Cc1noc(C)c1C(=O)N1C[C@H]2CCN[C@H]2C1. The maximum Gasteiger partial charge on any atom is 0.259 e. The van der Waals surface area contributed by atoms with Gasteiger partial charge in [-0.1, -0.05) is 5.16 Å². The summed E-state index contributed by atoms with van der Waals surface area (Å²) in [7, 11) is 0. The van der Waals surface area contributed by atoms with Gasteiger partial charge in [-0.05, 0) is 32.7 Å². The van der Waals surface area contributed by atoms with Crippen molar-refractivity contribution in [3.63, 3.8) is 0 Å². The number of likely N-dealkylation sites (tertiary alicyclic amines) is 1. The molecule has 2 aliphatic heterocycles. The Labute approximate surface area is 100 Å². The van der Waals surface area contributed by atoms with Gasteiger partial charge < -0.3 is 14.7 Å². The number of nitrogens with one attached hydrogen (secondary N) is 1. The summed E-state index contributed by atoms with van der Waals surface area (Å²) >= 11 is 0. The number of carbonyl (C=O) groups is 1. The van der Waals surface area contributed by atoms with Gasteiger partial charge in [0.05, 0.1) is 5.69 Å². The number of hydrogen-bond donors (Lipinski definition) is 1. The fourth-order valence-corrected chi connectivity index (χ4v) is 2.96. The maximum absolute atomic E-state index is 12.4. The average Bonchev–Trinajstić information content (AvgIpc) is 2.92. The first-order valence-corrected chi connectivity index (χ1v) is 6.12. The predicted octanol–water partition coefficient (Wildman–Crippen LogP) is 0.725. The molecule has 2 fully saturated rings. The second kappa shape index (κ2) is 3.84. The van der Waals surface area contributed by atoms with Gasteiger partial charge in [0.15, 0.2) is 0 Å². The van der Waals surface area contributed by atoms with Gasteiger partial charge in [-0.3, -0.25) is 4.79 Å². The van der Waals surface area contributed by atoms with Crippen molar-refractivity contribution in [2.75, 3.05) is 19.6 Å². The van der Waals surface area contributed by atoms with Crippen LogP contribution in [0.15, 0.2) is 4.52 Å². The van der Waals surface area contributed by atoms with E-state index in [4.69, 9.17) is 4.52 Å². The number of carbonyl (C=O) groups excluding carboxylic acids is 1. The number of hydrogen-bond acceptors (Lipinski definition) is 4. The van der Waals surface area contributed by atoms with Gasteiger partial charge in [0.2, 0.25) is 0 Å². The summed E-state index contributed by atoms with van der Waals surface area (Å²) in [4.78, 5) is 14.3. The Bertz CT molecular complexity index is 423. The molecule has 2 atom stereocenters. The molecule has 17 heavy (non-hydrogen) atoms. The zero-order valence-electron chi connectivity index (χ0n) is 10.2. The van der Waals surface area contributed by atoms with Crippen LogP contribution in [0.25, 0.3) is 0 Å². The normalized spacial score (nSPS) is 27.5. The van der Waals surface area contributed by atoms with Crippen molar-refractivity contribution < 1.29 is 9.32 Å². The number of amides is 1. The molecule has 0 saturated carbocycles.